The highest BCUT2D eigenvalue weighted by atomic mass is 32.2. The Morgan fingerprint density at radius 2 is 1.85 bits per heavy atom. The van der Waals surface area contributed by atoms with Crippen molar-refractivity contribution in [2.75, 3.05) is 19.6 Å². The molecule has 0 unspecified atom stereocenters. The SMILES string of the molecule is CCNC(=O)[C@@H](C)OC(=O)c1cccc(S(=O)(=O)N2CCCCCC2)c1. The number of likely N-dealkylation sites (N-methyl/N-ethyl adjacent to an activating group) is 1. The van der Waals surface area contributed by atoms with Gasteiger partial charge in [0.2, 0.25) is 10.0 Å². The van der Waals surface area contributed by atoms with Crippen molar-refractivity contribution in [1.82, 2.24) is 9.62 Å². The van der Waals surface area contributed by atoms with E-state index in [1.165, 1.54) is 35.5 Å². The van der Waals surface area contributed by atoms with Gasteiger partial charge in [-0.15, -0.1) is 0 Å². The molecule has 8 heteroatoms. The van der Waals surface area contributed by atoms with E-state index in [0.29, 0.717) is 19.6 Å². The van der Waals surface area contributed by atoms with E-state index in [-0.39, 0.29) is 10.5 Å². The van der Waals surface area contributed by atoms with Gasteiger partial charge in [0.05, 0.1) is 10.5 Å². The Morgan fingerprint density at radius 3 is 2.46 bits per heavy atom. The molecule has 1 aromatic rings. The lowest BCUT2D eigenvalue weighted by molar-refractivity contribution is -0.128. The highest BCUT2D eigenvalue weighted by Crippen LogP contribution is 2.21. The standard InChI is InChI=1S/C18H26N2O5S/c1-3-19-17(21)14(2)25-18(22)15-9-8-10-16(13-15)26(23,24)20-11-6-4-5-7-12-20/h8-10,13-14H,3-7,11-12H2,1-2H3,(H,19,21)/t14-/m1/s1. The number of benzene rings is 1. The molecule has 0 radical (unpaired) electrons. The molecule has 1 amide bonds. The Morgan fingerprint density at radius 1 is 1.19 bits per heavy atom. The lowest BCUT2D eigenvalue weighted by Crippen LogP contribution is -2.35. The van der Waals surface area contributed by atoms with Crippen LogP contribution in [0.3, 0.4) is 0 Å². The van der Waals surface area contributed by atoms with Crippen molar-refractivity contribution in [2.45, 2.75) is 50.5 Å². The molecule has 144 valence electrons. The molecule has 0 spiro atoms. The zero-order valence-electron chi connectivity index (χ0n) is 15.2. The van der Waals surface area contributed by atoms with E-state index in [2.05, 4.69) is 5.32 Å². The molecule has 0 aliphatic carbocycles. The molecule has 0 aromatic heterocycles. The van der Waals surface area contributed by atoms with Crippen LogP contribution >= 0.6 is 0 Å². The maximum atomic E-state index is 12.8. The molecule has 1 heterocycles. The van der Waals surface area contributed by atoms with Crippen LogP contribution in [0.1, 0.15) is 49.9 Å². The number of carbonyl (C=O) groups excluding carboxylic acids is 2. The van der Waals surface area contributed by atoms with Crippen LogP contribution in [-0.4, -0.2) is 50.3 Å². The predicted molar refractivity (Wildman–Crippen MR) is 97.2 cm³/mol. The smallest absolute Gasteiger partial charge is 0.338 e. The van der Waals surface area contributed by atoms with Crippen molar-refractivity contribution in [1.29, 1.82) is 0 Å². The first-order chi connectivity index (χ1) is 12.4. The van der Waals surface area contributed by atoms with Crippen LogP contribution in [0.4, 0.5) is 0 Å². The van der Waals surface area contributed by atoms with Crippen LogP contribution in [0.25, 0.3) is 0 Å². The van der Waals surface area contributed by atoms with Gasteiger partial charge >= 0.3 is 5.97 Å². The van der Waals surface area contributed by atoms with Gasteiger partial charge < -0.3 is 10.1 Å². The number of sulfonamides is 1. The first-order valence-electron chi connectivity index (χ1n) is 8.95. The highest BCUT2D eigenvalue weighted by molar-refractivity contribution is 7.89. The van der Waals surface area contributed by atoms with Gasteiger partial charge in [0, 0.05) is 19.6 Å². The second kappa shape index (κ2) is 9.14. The molecule has 1 fully saturated rings. The zero-order chi connectivity index (χ0) is 19.2. The highest BCUT2D eigenvalue weighted by Gasteiger charge is 2.26. The maximum absolute atomic E-state index is 12.8. The van der Waals surface area contributed by atoms with Crippen molar-refractivity contribution in [2.24, 2.45) is 0 Å². The largest absolute Gasteiger partial charge is 0.449 e. The van der Waals surface area contributed by atoms with Gasteiger partial charge in [0.15, 0.2) is 6.10 Å². The predicted octanol–water partition coefficient (Wildman–Crippen LogP) is 1.93. The van der Waals surface area contributed by atoms with Gasteiger partial charge in [-0.2, -0.15) is 4.31 Å². The number of amides is 1. The Balaban J connectivity index is 2.16. The van der Waals surface area contributed by atoms with Gasteiger partial charge in [-0.05, 0) is 44.9 Å². The summed E-state index contributed by atoms with van der Waals surface area (Å²) < 4.78 is 32.3. The van der Waals surface area contributed by atoms with Crippen molar-refractivity contribution in [3.8, 4) is 0 Å². The van der Waals surface area contributed by atoms with Gasteiger partial charge in [0.1, 0.15) is 0 Å². The summed E-state index contributed by atoms with van der Waals surface area (Å²) in [6.45, 7) is 4.66. The van der Waals surface area contributed by atoms with E-state index in [9.17, 15) is 18.0 Å². The van der Waals surface area contributed by atoms with Crippen molar-refractivity contribution < 1.29 is 22.7 Å². The molecule has 1 aliphatic rings. The minimum atomic E-state index is -3.65. The first kappa shape index (κ1) is 20.4. The lowest BCUT2D eigenvalue weighted by Gasteiger charge is -2.20. The molecule has 26 heavy (non-hydrogen) atoms. The van der Waals surface area contributed by atoms with Gasteiger partial charge in [0.25, 0.3) is 5.91 Å². The number of esters is 1. The number of nitrogens with zero attached hydrogens (tertiary/aromatic N) is 1. The summed E-state index contributed by atoms with van der Waals surface area (Å²) in [5.41, 5.74) is 0.108. The van der Waals surface area contributed by atoms with Crippen LogP contribution in [-0.2, 0) is 19.6 Å². The molecule has 7 nitrogen and oxygen atoms in total. The van der Waals surface area contributed by atoms with Crippen LogP contribution in [0.2, 0.25) is 0 Å². The van der Waals surface area contributed by atoms with Gasteiger partial charge in [-0.25, -0.2) is 13.2 Å². The molecule has 1 atom stereocenters. The zero-order valence-corrected chi connectivity index (χ0v) is 16.0. The monoisotopic (exact) mass is 382 g/mol. The molecule has 1 N–H and O–H groups in total. The normalized spacial score (nSPS) is 17.2. The average Bonchev–Trinajstić information content (AvgIpc) is 2.92. The molecular weight excluding hydrogens is 356 g/mol. The number of hydrogen-bond acceptors (Lipinski definition) is 5. The fourth-order valence-electron chi connectivity index (χ4n) is 2.81. The summed E-state index contributed by atoms with van der Waals surface area (Å²) in [6.07, 6.45) is 2.77. The van der Waals surface area contributed by atoms with Crippen LogP contribution in [0.5, 0.6) is 0 Å². The van der Waals surface area contributed by atoms with Crippen molar-refractivity contribution in [3.63, 3.8) is 0 Å². The molecule has 2 rings (SSSR count). The number of rotatable bonds is 6. The number of carbonyl (C=O) groups is 2. The third kappa shape index (κ3) is 5.04. The lowest BCUT2D eigenvalue weighted by atomic mass is 10.2. The molecular formula is C18H26N2O5S. The minimum absolute atomic E-state index is 0.0690. The summed E-state index contributed by atoms with van der Waals surface area (Å²) in [4.78, 5) is 24.0. The summed E-state index contributed by atoms with van der Waals surface area (Å²) >= 11 is 0. The Labute approximate surface area is 154 Å². The molecule has 1 aliphatic heterocycles. The van der Waals surface area contributed by atoms with Gasteiger partial charge in [-0.1, -0.05) is 18.9 Å². The fourth-order valence-corrected chi connectivity index (χ4v) is 4.38. The molecule has 0 bridgehead atoms. The van der Waals surface area contributed by atoms with Gasteiger partial charge in [-0.3, -0.25) is 4.79 Å². The quantitative estimate of drug-likeness (QED) is 0.759. The average molecular weight is 382 g/mol. The third-order valence-electron chi connectivity index (χ3n) is 4.28. The molecule has 1 saturated heterocycles. The van der Waals surface area contributed by atoms with E-state index in [1.54, 1.807) is 6.92 Å². The second-order valence-electron chi connectivity index (χ2n) is 6.29. The fraction of sp³-hybridized carbons (Fsp3) is 0.556. The number of ether oxygens (including phenoxy) is 1. The van der Waals surface area contributed by atoms with Crippen LogP contribution in [0.15, 0.2) is 29.2 Å². The summed E-state index contributed by atoms with van der Waals surface area (Å²) in [5.74, 6) is -1.12. The first-order valence-corrected chi connectivity index (χ1v) is 10.4. The van der Waals surface area contributed by atoms with Crippen molar-refractivity contribution in [3.05, 3.63) is 29.8 Å². The summed E-state index contributed by atoms with van der Waals surface area (Å²) in [5, 5.41) is 2.57. The van der Waals surface area contributed by atoms with E-state index in [4.69, 9.17) is 4.74 Å². The number of hydrogen-bond donors (Lipinski definition) is 1. The molecule has 0 saturated carbocycles. The topological polar surface area (TPSA) is 92.8 Å². The van der Waals surface area contributed by atoms with E-state index in [0.717, 1.165) is 25.7 Å². The van der Waals surface area contributed by atoms with Crippen LogP contribution in [0, 0.1) is 0 Å². The Bertz CT molecular complexity index is 740. The Kier molecular flexibility index (Phi) is 7.16. The molecule has 1 aromatic carbocycles. The van der Waals surface area contributed by atoms with Crippen LogP contribution < -0.4 is 5.32 Å². The third-order valence-corrected chi connectivity index (χ3v) is 6.17. The van der Waals surface area contributed by atoms with E-state index in [1.807, 2.05) is 0 Å². The van der Waals surface area contributed by atoms with Crippen molar-refractivity contribution >= 4 is 21.9 Å². The minimum Gasteiger partial charge on any atom is -0.449 e. The van der Waals surface area contributed by atoms with E-state index < -0.39 is 28.0 Å². The summed E-state index contributed by atoms with van der Waals surface area (Å²) in [6, 6.07) is 5.78. The second-order valence-corrected chi connectivity index (χ2v) is 8.23. The number of nitrogens with one attached hydrogen (secondary N) is 1. The Hall–Kier alpha value is -1.93. The maximum Gasteiger partial charge on any atom is 0.338 e. The summed E-state index contributed by atoms with van der Waals surface area (Å²) in [7, 11) is -3.65. The van der Waals surface area contributed by atoms with E-state index >= 15 is 0 Å².